The van der Waals surface area contributed by atoms with Crippen molar-refractivity contribution in [3.05, 3.63) is 22.4 Å². The smallest absolute Gasteiger partial charge is 0.467 e. The Morgan fingerprint density at radius 2 is 1.71 bits per heavy atom. The van der Waals surface area contributed by atoms with Crippen LogP contribution < -0.4 is 0 Å². The minimum Gasteiger partial charge on any atom is -0.467 e. The first kappa shape index (κ1) is 36.6. The predicted octanol–water partition coefficient (Wildman–Crippen LogP) is 5.22. The van der Waals surface area contributed by atoms with Gasteiger partial charge < -0.3 is 38.3 Å². The van der Waals surface area contributed by atoms with Crippen LogP contribution in [0.5, 0.6) is 0 Å². The Bertz CT molecular complexity index is 1580. The number of ether oxygens (including phenoxy) is 7. The van der Waals surface area contributed by atoms with Gasteiger partial charge in [-0.3, -0.25) is 9.59 Å². The van der Waals surface area contributed by atoms with Gasteiger partial charge in [0, 0.05) is 29.6 Å². The zero-order valence-electron chi connectivity index (χ0n) is 30.9. The Kier molecular flexibility index (Phi) is 8.72. The second-order valence-corrected chi connectivity index (χ2v) is 17.9. The van der Waals surface area contributed by atoms with Crippen LogP contribution in [0.1, 0.15) is 85.4 Å². The van der Waals surface area contributed by atoms with Gasteiger partial charge in [0.25, 0.3) is 0 Å². The van der Waals surface area contributed by atoms with Crippen molar-refractivity contribution in [3.8, 4) is 0 Å². The molecule has 4 unspecified atom stereocenters. The number of rotatable bonds is 7. The van der Waals surface area contributed by atoms with Crippen molar-refractivity contribution in [2.45, 2.75) is 123 Å². The van der Waals surface area contributed by atoms with E-state index in [9.17, 15) is 24.3 Å². The summed E-state index contributed by atoms with van der Waals surface area (Å²) in [6.45, 7) is 13.6. The molecule has 0 radical (unpaired) electrons. The number of carbonyl (C=O) groups excluding carboxylic acids is 4. The summed E-state index contributed by atoms with van der Waals surface area (Å²) in [7, 11) is 1.28. The van der Waals surface area contributed by atoms with Crippen LogP contribution in [0.3, 0.4) is 0 Å². The summed E-state index contributed by atoms with van der Waals surface area (Å²) < 4.78 is 41.9. The molecule has 12 nitrogen and oxygen atoms in total. The van der Waals surface area contributed by atoms with Crippen LogP contribution in [-0.2, 0) is 54.1 Å². The zero-order chi connectivity index (χ0) is 36.9. The first-order valence-electron chi connectivity index (χ1n) is 18.2. The highest BCUT2D eigenvalue weighted by Gasteiger charge is 2.90. The molecular formula is C38H52O12S. The molecule has 14 atom stereocenters. The van der Waals surface area contributed by atoms with Crippen LogP contribution >= 0.6 is 11.3 Å². The summed E-state index contributed by atoms with van der Waals surface area (Å²) >= 11 is 1.51. The monoisotopic (exact) mass is 732 g/mol. The lowest BCUT2D eigenvalue weighted by molar-refractivity contribution is -0.341. The summed E-state index contributed by atoms with van der Waals surface area (Å²) in [5, 5.41) is 15.4. The van der Waals surface area contributed by atoms with Crippen molar-refractivity contribution in [1.82, 2.24) is 0 Å². The maximum atomic E-state index is 13.8. The van der Waals surface area contributed by atoms with E-state index in [4.69, 9.17) is 33.2 Å². The molecule has 1 aromatic heterocycles. The van der Waals surface area contributed by atoms with E-state index in [2.05, 4.69) is 13.8 Å². The highest BCUT2D eigenvalue weighted by Crippen LogP contribution is 2.78. The second-order valence-electron chi connectivity index (χ2n) is 16.9. The van der Waals surface area contributed by atoms with Crippen LogP contribution in [0.4, 0.5) is 4.79 Å². The predicted molar refractivity (Wildman–Crippen MR) is 181 cm³/mol. The number of fused-ring (bicyclic) bond motifs is 9. The molecule has 0 aromatic carbocycles. The van der Waals surface area contributed by atoms with Crippen molar-refractivity contribution < 1.29 is 57.4 Å². The highest BCUT2D eigenvalue weighted by molar-refractivity contribution is 7.09. The van der Waals surface area contributed by atoms with Crippen LogP contribution in [0, 0.1) is 45.3 Å². The van der Waals surface area contributed by atoms with Crippen LogP contribution in [0.25, 0.3) is 0 Å². The molecule has 0 amide bonds. The van der Waals surface area contributed by atoms with Crippen molar-refractivity contribution >= 4 is 35.4 Å². The average Bonchev–Trinajstić information content (AvgIpc) is 3.37. The van der Waals surface area contributed by atoms with Gasteiger partial charge in [0.1, 0.15) is 24.9 Å². The molecule has 1 aromatic rings. The first-order valence-corrected chi connectivity index (χ1v) is 19.1. The van der Waals surface area contributed by atoms with E-state index in [1.54, 1.807) is 6.92 Å². The van der Waals surface area contributed by atoms with E-state index in [-0.39, 0.29) is 24.4 Å². The molecule has 2 saturated heterocycles. The number of aliphatic hydroxyl groups is 1. The van der Waals surface area contributed by atoms with Gasteiger partial charge in [0.15, 0.2) is 6.10 Å². The van der Waals surface area contributed by atoms with Gasteiger partial charge in [0.05, 0.1) is 31.3 Å². The second kappa shape index (κ2) is 12.1. The van der Waals surface area contributed by atoms with Gasteiger partial charge >= 0.3 is 24.1 Å². The highest BCUT2D eigenvalue weighted by atomic mass is 32.1. The van der Waals surface area contributed by atoms with E-state index < -0.39 is 87.3 Å². The van der Waals surface area contributed by atoms with Crippen LogP contribution in [0.15, 0.2) is 17.5 Å². The third kappa shape index (κ3) is 4.78. The lowest BCUT2D eigenvalue weighted by Gasteiger charge is -2.73. The number of hydrogen-bond acceptors (Lipinski definition) is 13. The van der Waals surface area contributed by atoms with Gasteiger partial charge in [-0.1, -0.05) is 26.8 Å². The fourth-order valence-electron chi connectivity index (χ4n) is 12.7. The maximum Gasteiger partial charge on any atom is 0.508 e. The van der Waals surface area contributed by atoms with E-state index in [1.807, 2.05) is 31.4 Å². The SMILES string of the molecule is COC(=O)[C@@]12O[C@@H]1C(C)C[C@@]1(O)C3CC[C@]4(C)C(CC[C@@]5(C(C)OC(=O)OCc6cccs6)COC[C@H]54)[C@@]3(C)[C@H](OC(C)=O)[C@H](OC(C)=O)[C@]12C. The van der Waals surface area contributed by atoms with E-state index in [1.165, 1.54) is 32.3 Å². The fraction of sp³-hybridized carbons (Fsp3) is 0.789. The minimum atomic E-state index is -1.60. The lowest BCUT2D eigenvalue weighted by atomic mass is 9.32. The number of hydrogen-bond donors (Lipinski definition) is 1. The largest absolute Gasteiger partial charge is 0.508 e. The summed E-state index contributed by atoms with van der Waals surface area (Å²) in [5.74, 6) is -2.67. The number of esters is 3. The van der Waals surface area contributed by atoms with Crippen LogP contribution in [0.2, 0.25) is 0 Å². The number of methoxy groups -OCH3 is 1. The molecule has 4 saturated carbocycles. The number of epoxide rings is 1. The molecule has 0 spiro atoms. The fourth-order valence-corrected chi connectivity index (χ4v) is 13.4. The third-order valence-electron chi connectivity index (χ3n) is 14.9. The van der Waals surface area contributed by atoms with Gasteiger partial charge in [0.2, 0.25) is 5.60 Å². The Morgan fingerprint density at radius 3 is 2.35 bits per heavy atom. The quantitative estimate of drug-likeness (QED) is 0.222. The molecule has 4 aliphatic carbocycles. The van der Waals surface area contributed by atoms with Crippen LogP contribution in [-0.4, -0.2) is 85.1 Å². The summed E-state index contributed by atoms with van der Waals surface area (Å²) in [6.07, 6.45) is -1.20. The summed E-state index contributed by atoms with van der Waals surface area (Å²) in [4.78, 5) is 53.8. The molecule has 0 bridgehead atoms. The lowest BCUT2D eigenvalue weighted by Crippen LogP contribution is -2.82. The maximum absolute atomic E-state index is 13.8. The molecule has 1 N–H and O–H groups in total. The Balaban J connectivity index is 1.29. The minimum absolute atomic E-state index is 0.0439. The number of thiophene rings is 1. The Labute approximate surface area is 303 Å². The molecule has 3 heterocycles. The van der Waals surface area contributed by atoms with Crippen molar-refractivity contribution in [2.24, 2.45) is 45.3 Å². The third-order valence-corrected chi connectivity index (χ3v) is 15.7. The number of carbonyl (C=O) groups is 4. The van der Waals surface area contributed by atoms with Crippen molar-refractivity contribution in [3.63, 3.8) is 0 Å². The molecule has 6 aliphatic rings. The Hall–Kier alpha value is -2.74. The molecule has 6 fully saturated rings. The normalized spacial score (nSPS) is 46.8. The Morgan fingerprint density at radius 1 is 1.02 bits per heavy atom. The average molecular weight is 733 g/mol. The van der Waals surface area contributed by atoms with Gasteiger partial charge in [-0.2, -0.15) is 0 Å². The van der Waals surface area contributed by atoms with E-state index in [0.29, 0.717) is 45.3 Å². The summed E-state index contributed by atoms with van der Waals surface area (Å²) in [5.41, 5.74) is -6.49. The summed E-state index contributed by atoms with van der Waals surface area (Å²) in [6, 6.07) is 3.80. The van der Waals surface area contributed by atoms with Crippen molar-refractivity contribution in [2.75, 3.05) is 20.3 Å². The zero-order valence-corrected chi connectivity index (χ0v) is 31.7. The van der Waals surface area contributed by atoms with Gasteiger partial charge in [-0.05, 0) is 86.5 Å². The first-order chi connectivity index (χ1) is 24.0. The molecular weight excluding hydrogens is 680 g/mol. The topological polar surface area (TPSA) is 156 Å². The van der Waals surface area contributed by atoms with E-state index >= 15 is 0 Å². The standard InChI is InChI=1S/C38H52O12S/c1-20-16-37(43)26-11-13-33(5)25(12-14-36(19-45-18-27(33)36)21(2)47-32(42)46-17-24-10-9-15-51-24)34(26,6)29(48-22(3)39)30(49-23(4)40)35(37,7)38(28(20)50-38)31(41)44-8/h9-10,15,20-21,25-30,43H,11-14,16-19H2,1-8H3/t20?,21?,25?,26?,27-,28+,29+,30-,33+,34+,35+,36-,37+,38-/m0/s1. The molecule has 2 aliphatic heterocycles. The molecule has 51 heavy (non-hydrogen) atoms. The van der Waals surface area contributed by atoms with Crippen molar-refractivity contribution in [1.29, 1.82) is 0 Å². The van der Waals surface area contributed by atoms with Gasteiger partial charge in [-0.25, -0.2) is 9.59 Å². The van der Waals surface area contributed by atoms with Gasteiger partial charge in [-0.15, -0.1) is 11.3 Å². The van der Waals surface area contributed by atoms with E-state index in [0.717, 1.165) is 4.88 Å². The molecule has 7 rings (SSSR count). The molecule has 282 valence electrons. The molecule has 13 heteroatoms.